The SMILES string of the molecule is CCCCCCCCCCCCCCCCCCCCC[CH]SCCCCCCCCCCCCCCCCC. The van der Waals surface area contributed by atoms with Gasteiger partial charge in [0.2, 0.25) is 0 Å². The second-order valence-corrected chi connectivity index (χ2v) is 14.2. The van der Waals surface area contributed by atoms with Gasteiger partial charge in [-0.05, 0) is 18.6 Å². The Hall–Kier alpha value is 0.350. The van der Waals surface area contributed by atoms with E-state index in [1.807, 2.05) is 0 Å². The van der Waals surface area contributed by atoms with Gasteiger partial charge in [-0.15, -0.1) is 0 Å². The molecule has 0 bridgehead atoms. The van der Waals surface area contributed by atoms with E-state index in [0.717, 1.165) is 0 Å². The lowest BCUT2D eigenvalue weighted by Gasteiger charge is -2.05. The summed E-state index contributed by atoms with van der Waals surface area (Å²) >= 11 is 2.10. The molecular weight excluding hydrogens is 500 g/mol. The number of hydrogen-bond acceptors (Lipinski definition) is 1. The summed E-state index contributed by atoms with van der Waals surface area (Å²) in [4.78, 5) is 0. The molecule has 241 valence electrons. The fourth-order valence-electron chi connectivity index (χ4n) is 6.03. The Labute approximate surface area is 261 Å². The molecule has 40 heavy (non-hydrogen) atoms. The van der Waals surface area contributed by atoms with Gasteiger partial charge in [0, 0.05) is 5.75 Å². The van der Waals surface area contributed by atoms with Crippen LogP contribution in [0.25, 0.3) is 0 Å². The molecule has 0 aromatic heterocycles. The van der Waals surface area contributed by atoms with Crippen molar-refractivity contribution in [1.82, 2.24) is 0 Å². The van der Waals surface area contributed by atoms with Gasteiger partial charge < -0.3 is 0 Å². The molecule has 0 N–H and O–H groups in total. The van der Waals surface area contributed by atoms with E-state index in [4.69, 9.17) is 0 Å². The Bertz CT molecular complexity index is 368. The molecule has 0 saturated carbocycles. The zero-order chi connectivity index (χ0) is 28.9. The van der Waals surface area contributed by atoms with Crippen molar-refractivity contribution in [3.63, 3.8) is 0 Å². The highest BCUT2D eigenvalue weighted by Gasteiger charge is 1.97. The van der Waals surface area contributed by atoms with Gasteiger partial charge in [-0.2, -0.15) is 11.8 Å². The molecular formula is C39H79S. The van der Waals surface area contributed by atoms with Gasteiger partial charge in [0.15, 0.2) is 0 Å². The predicted molar refractivity (Wildman–Crippen MR) is 190 cm³/mol. The molecule has 0 spiro atoms. The lowest BCUT2D eigenvalue weighted by molar-refractivity contribution is 0.523. The number of unbranched alkanes of at least 4 members (excludes halogenated alkanes) is 33. The van der Waals surface area contributed by atoms with E-state index >= 15 is 0 Å². The minimum absolute atomic E-state index is 1.34. The van der Waals surface area contributed by atoms with Crippen LogP contribution in [-0.2, 0) is 0 Å². The van der Waals surface area contributed by atoms with Gasteiger partial charge >= 0.3 is 0 Å². The quantitative estimate of drug-likeness (QED) is 0.0659. The Morgan fingerprint density at radius 3 is 0.775 bits per heavy atom. The summed E-state index contributed by atoms with van der Waals surface area (Å²) < 4.78 is 0. The molecule has 0 rings (SSSR count). The van der Waals surface area contributed by atoms with Gasteiger partial charge in [-0.25, -0.2) is 0 Å². The van der Waals surface area contributed by atoms with E-state index in [1.165, 1.54) is 230 Å². The van der Waals surface area contributed by atoms with Gasteiger partial charge in [0.25, 0.3) is 0 Å². The summed E-state index contributed by atoms with van der Waals surface area (Å²) in [6, 6.07) is 0. The second kappa shape index (κ2) is 39.4. The monoisotopic (exact) mass is 580 g/mol. The first kappa shape index (κ1) is 40.4. The normalized spacial score (nSPS) is 11.6. The summed E-state index contributed by atoms with van der Waals surface area (Å²) in [5.41, 5.74) is 0. The van der Waals surface area contributed by atoms with E-state index in [1.54, 1.807) is 0 Å². The van der Waals surface area contributed by atoms with E-state index in [0.29, 0.717) is 0 Å². The molecule has 0 saturated heterocycles. The van der Waals surface area contributed by atoms with E-state index in [9.17, 15) is 0 Å². The zero-order valence-corrected chi connectivity index (χ0v) is 29.3. The lowest BCUT2D eigenvalue weighted by atomic mass is 10.0. The van der Waals surface area contributed by atoms with Crippen LogP contribution in [0, 0.1) is 5.75 Å². The first-order valence-electron chi connectivity index (χ1n) is 19.3. The van der Waals surface area contributed by atoms with Crippen LogP contribution >= 0.6 is 11.8 Å². The average molecular weight is 580 g/mol. The van der Waals surface area contributed by atoms with Crippen molar-refractivity contribution in [2.24, 2.45) is 0 Å². The van der Waals surface area contributed by atoms with Crippen molar-refractivity contribution in [2.75, 3.05) is 5.75 Å². The summed E-state index contributed by atoms with van der Waals surface area (Å²) in [5.74, 6) is 3.87. The maximum Gasteiger partial charge on any atom is 0.0166 e. The standard InChI is InChI=1S/C39H79S/c1-3-5-7-9-11-13-15-17-19-20-21-22-23-25-27-29-31-33-35-37-39-40-38-36-34-32-30-28-26-24-18-16-14-12-10-8-6-4-2/h39H,3-38H2,1-2H3. The van der Waals surface area contributed by atoms with E-state index in [-0.39, 0.29) is 0 Å². The third kappa shape index (κ3) is 38.4. The molecule has 0 heterocycles. The van der Waals surface area contributed by atoms with Crippen LogP contribution in [0.15, 0.2) is 0 Å². The van der Waals surface area contributed by atoms with Crippen LogP contribution in [0.5, 0.6) is 0 Å². The van der Waals surface area contributed by atoms with Gasteiger partial charge in [0.1, 0.15) is 0 Å². The molecule has 0 aliphatic rings. The van der Waals surface area contributed by atoms with Crippen molar-refractivity contribution in [3.05, 3.63) is 5.75 Å². The smallest absolute Gasteiger partial charge is 0.0166 e. The molecule has 0 nitrogen and oxygen atoms in total. The molecule has 1 heteroatoms. The molecule has 0 aromatic carbocycles. The maximum atomic E-state index is 2.51. The number of hydrogen-bond donors (Lipinski definition) is 0. The van der Waals surface area contributed by atoms with Crippen LogP contribution in [-0.4, -0.2) is 5.75 Å². The maximum absolute atomic E-state index is 2.51. The van der Waals surface area contributed by atoms with Crippen LogP contribution < -0.4 is 0 Å². The fraction of sp³-hybridized carbons (Fsp3) is 0.974. The topological polar surface area (TPSA) is 0 Å². The van der Waals surface area contributed by atoms with Crippen molar-refractivity contribution in [2.45, 2.75) is 239 Å². The Morgan fingerprint density at radius 2 is 0.500 bits per heavy atom. The summed E-state index contributed by atoms with van der Waals surface area (Å²) in [6.07, 6.45) is 51.2. The first-order valence-corrected chi connectivity index (χ1v) is 20.4. The molecule has 0 aliphatic heterocycles. The highest BCUT2D eigenvalue weighted by Crippen LogP contribution is 2.19. The molecule has 0 unspecified atom stereocenters. The average Bonchev–Trinajstić information content (AvgIpc) is 2.97. The van der Waals surface area contributed by atoms with Crippen molar-refractivity contribution < 1.29 is 0 Å². The van der Waals surface area contributed by atoms with E-state index < -0.39 is 0 Å². The molecule has 0 fully saturated rings. The van der Waals surface area contributed by atoms with Gasteiger partial charge in [-0.3, -0.25) is 0 Å². The van der Waals surface area contributed by atoms with Crippen LogP contribution in [0.4, 0.5) is 0 Å². The number of thioether (sulfide) groups is 1. The lowest BCUT2D eigenvalue weighted by Crippen LogP contribution is -1.85. The van der Waals surface area contributed by atoms with Crippen LogP contribution in [0.1, 0.15) is 239 Å². The highest BCUT2D eigenvalue weighted by molar-refractivity contribution is 8.01. The van der Waals surface area contributed by atoms with Crippen molar-refractivity contribution in [1.29, 1.82) is 0 Å². The van der Waals surface area contributed by atoms with E-state index in [2.05, 4.69) is 31.4 Å². The number of rotatable bonds is 37. The third-order valence-electron chi connectivity index (χ3n) is 8.91. The van der Waals surface area contributed by atoms with Crippen molar-refractivity contribution in [3.8, 4) is 0 Å². The predicted octanol–water partition coefficient (Wildman–Crippen LogP) is 15.6. The van der Waals surface area contributed by atoms with Gasteiger partial charge in [0.05, 0.1) is 0 Å². The van der Waals surface area contributed by atoms with Crippen LogP contribution in [0.2, 0.25) is 0 Å². The minimum atomic E-state index is 1.34. The Morgan fingerprint density at radius 1 is 0.275 bits per heavy atom. The summed E-state index contributed by atoms with van der Waals surface area (Å²) in [5, 5.41) is 0. The molecule has 0 aliphatic carbocycles. The largest absolute Gasteiger partial charge is 0.157 e. The summed E-state index contributed by atoms with van der Waals surface area (Å²) in [6.45, 7) is 4.62. The Balaban J connectivity index is 3.01. The molecule has 1 radical (unpaired) electrons. The fourth-order valence-corrected chi connectivity index (χ4v) is 6.90. The minimum Gasteiger partial charge on any atom is -0.157 e. The molecule has 0 amide bonds. The van der Waals surface area contributed by atoms with Crippen LogP contribution in [0.3, 0.4) is 0 Å². The highest BCUT2D eigenvalue weighted by atomic mass is 32.2. The second-order valence-electron chi connectivity index (χ2n) is 13.1. The van der Waals surface area contributed by atoms with Crippen molar-refractivity contribution >= 4 is 11.8 Å². The Kier molecular flexibility index (Phi) is 39.7. The van der Waals surface area contributed by atoms with Gasteiger partial charge in [-0.1, -0.05) is 226 Å². The third-order valence-corrected chi connectivity index (χ3v) is 9.90. The first-order chi connectivity index (χ1) is 19.9. The molecule has 0 aromatic rings. The molecule has 0 atom stereocenters. The zero-order valence-electron chi connectivity index (χ0n) is 28.4. The summed E-state index contributed by atoms with van der Waals surface area (Å²) in [7, 11) is 0.